The molecule has 0 aliphatic rings. The van der Waals surface area contributed by atoms with Crippen LogP contribution in [0.2, 0.25) is 5.02 Å². The lowest BCUT2D eigenvalue weighted by Crippen LogP contribution is -2.31. The minimum atomic E-state index is -1.07. The van der Waals surface area contributed by atoms with Gasteiger partial charge in [0.15, 0.2) is 0 Å². The number of nitrogens with zero attached hydrogens (tertiary/aromatic N) is 1. The van der Waals surface area contributed by atoms with Crippen LogP contribution in [0.4, 0.5) is 0 Å². The van der Waals surface area contributed by atoms with E-state index in [4.69, 9.17) is 16.3 Å². The van der Waals surface area contributed by atoms with Crippen LogP contribution in [0.25, 0.3) is 5.69 Å². The molecule has 0 fully saturated rings. The fraction of sp³-hybridized carbons (Fsp3) is 0.190. The molecule has 3 N–H and O–H groups in total. The number of amides is 1. The van der Waals surface area contributed by atoms with Crippen LogP contribution in [0.15, 0.2) is 53.3 Å². The molecule has 0 aliphatic carbocycles. The van der Waals surface area contributed by atoms with Crippen molar-refractivity contribution in [3.05, 3.63) is 80.7 Å². The second-order valence-electron chi connectivity index (χ2n) is 6.67. The van der Waals surface area contributed by atoms with E-state index in [2.05, 4.69) is 10.4 Å². The SMILES string of the molecule is COc1ccc(C(CC(=O)O)NC(=O)c2cc(=O)n(-c3cccc(Cl)c3)[nH]2)c(C)c1. The minimum absolute atomic E-state index is 0.00142. The highest BCUT2D eigenvalue weighted by molar-refractivity contribution is 6.30. The standard InChI is InChI=1S/C21H20ClN3O5/c1-12-8-15(30-2)6-7-16(12)17(11-20(27)28)23-21(29)18-10-19(26)25(24-18)14-5-3-4-13(22)9-14/h3-10,17,24H,11H2,1-2H3,(H,23,29)(H,27,28). The van der Waals surface area contributed by atoms with Crippen LogP contribution in [0.3, 0.4) is 0 Å². The van der Waals surface area contributed by atoms with Gasteiger partial charge in [0.05, 0.1) is 25.3 Å². The van der Waals surface area contributed by atoms with Crippen LogP contribution in [0.1, 0.15) is 34.1 Å². The normalized spacial score (nSPS) is 11.7. The number of methoxy groups -OCH3 is 1. The molecule has 3 aromatic rings. The summed E-state index contributed by atoms with van der Waals surface area (Å²) in [6.07, 6.45) is -0.321. The van der Waals surface area contributed by atoms with Crippen molar-refractivity contribution in [1.82, 2.24) is 15.1 Å². The molecule has 1 atom stereocenters. The van der Waals surface area contributed by atoms with Gasteiger partial charge in [0.2, 0.25) is 0 Å². The number of ether oxygens (including phenoxy) is 1. The van der Waals surface area contributed by atoms with Crippen LogP contribution in [0, 0.1) is 6.92 Å². The highest BCUT2D eigenvalue weighted by Crippen LogP contribution is 2.25. The molecule has 0 aliphatic heterocycles. The summed E-state index contributed by atoms with van der Waals surface area (Å²) in [5, 5.41) is 15.2. The second kappa shape index (κ2) is 8.87. The summed E-state index contributed by atoms with van der Waals surface area (Å²) in [4.78, 5) is 36.4. The molecule has 1 unspecified atom stereocenters. The van der Waals surface area contributed by atoms with E-state index in [1.165, 1.54) is 11.8 Å². The number of carbonyl (C=O) groups excluding carboxylic acids is 1. The fourth-order valence-corrected chi connectivity index (χ4v) is 3.32. The molecule has 1 aromatic heterocycles. The molecule has 1 heterocycles. The molecule has 2 aromatic carbocycles. The van der Waals surface area contributed by atoms with Gasteiger partial charge in [0.1, 0.15) is 11.4 Å². The number of carbonyl (C=O) groups is 2. The first-order valence-electron chi connectivity index (χ1n) is 9.03. The molecule has 9 heteroatoms. The van der Waals surface area contributed by atoms with E-state index in [0.29, 0.717) is 22.0 Å². The highest BCUT2D eigenvalue weighted by atomic mass is 35.5. The van der Waals surface area contributed by atoms with Crippen LogP contribution in [0.5, 0.6) is 5.75 Å². The van der Waals surface area contributed by atoms with Crippen LogP contribution >= 0.6 is 11.6 Å². The molecule has 1 amide bonds. The summed E-state index contributed by atoms with van der Waals surface area (Å²) in [6.45, 7) is 1.80. The number of carboxylic acids is 1. The Balaban J connectivity index is 1.89. The van der Waals surface area contributed by atoms with E-state index in [1.807, 2.05) is 0 Å². The summed E-state index contributed by atoms with van der Waals surface area (Å²) in [7, 11) is 1.53. The zero-order chi connectivity index (χ0) is 21.8. The predicted octanol–water partition coefficient (Wildman–Crippen LogP) is 3.08. The first kappa shape index (κ1) is 21.2. The Kier molecular flexibility index (Phi) is 6.27. The van der Waals surface area contributed by atoms with Crippen molar-refractivity contribution in [1.29, 1.82) is 0 Å². The molecule has 0 bridgehead atoms. The third-order valence-electron chi connectivity index (χ3n) is 4.57. The van der Waals surface area contributed by atoms with Gasteiger partial charge < -0.3 is 15.2 Å². The molecule has 156 valence electrons. The lowest BCUT2D eigenvalue weighted by atomic mass is 9.98. The Bertz CT molecular complexity index is 1150. The number of benzene rings is 2. The van der Waals surface area contributed by atoms with Gasteiger partial charge in [-0.1, -0.05) is 23.7 Å². The first-order chi connectivity index (χ1) is 14.3. The van der Waals surface area contributed by atoms with E-state index in [1.54, 1.807) is 49.4 Å². The quantitative estimate of drug-likeness (QED) is 0.534. The average molecular weight is 430 g/mol. The summed E-state index contributed by atoms with van der Waals surface area (Å²) in [5.41, 5.74) is 1.44. The monoisotopic (exact) mass is 429 g/mol. The average Bonchev–Trinajstić information content (AvgIpc) is 3.09. The minimum Gasteiger partial charge on any atom is -0.497 e. The second-order valence-corrected chi connectivity index (χ2v) is 7.11. The van der Waals surface area contributed by atoms with Gasteiger partial charge in [-0.2, -0.15) is 0 Å². The zero-order valence-electron chi connectivity index (χ0n) is 16.3. The van der Waals surface area contributed by atoms with Gasteiger partial charge in [-0.3, -0.25) is 19.5 Å². The van der Waals surface area contributed by atoms with Gasteiger partial charge in [-0.25, -0.2) is 4.68 Å². The van der Waals surface area contributed by atoms with Crippen molar-refractivity contribution < 1.29 is 19.4 Å². The lowest BCUT2D eigenvalue weighted by molar-refractivity contribution is -0.137. The molecule has 8 nitrogen and oxygen atoms in total. The Morgan fingerprint density at radius 3 is 2.63 bits per heavy atom. The van der Waals surface area contributed by atoms with Gasteiger partial charge in [0, 0.05) is 11.1 Å². The summed E-state index contributed by atoms with van der Waals surface area (Å²) < 4.78 is 6.36. The molecular weight excluding hydrogens is 410 g/mol. The summed E-state index contributed by atoms with van der Waals surface area (Å²) in [5.74, 6) is -1.05. The molecule has 30 heavy (non-hydrogen) atoms. The van der Waals surface area contributed by atoms with Crippen molar-refractivity contribution in [3.63, 3.8) is 0 Å². The third-order valence-corrected chi connectivity index (χ3v) is 4.80. The van der Waals surface area contributed by atoms with Gasteiger partial charge >= 0.3 is 5.97 Å². The number of H-pyrrole nitrogens is 1. The Hall–Kier alpha value is -3.52. The number of halogens is 1. The number of nitrogens with one attached hydrogen (secondary N) is 2. The van der Waals surface area contributed by atoms with Crippen molar-refractivity contribution >= 4 is 23.5 Å². The molecule has 0 saturated carbocycles. The molecule has 0 spiro atoms. The third kappa shape index (κ3) is 4.72. The van der Waals surface area contributed by atoms with Crippen molar-refractivity contribution in [3.8, 4) is 11.4 Å². The van der Waals surface area contributed by atoms with Crippen molar-refractivity contribution in [2.24, 2.45) is 0 Å². The molecular formula is C21H20ClN3O5. The maximum absolute atomic E-state index is 12.8. The lowest BCUT2D eigenvalue weighted by Gasteiger charge is -2.19. The Morgan fingerprint density at radius 2 is 2.00 bits per heavy atom. The Morgan fingerprint density at radius 1 is 1.23 bits per heavy atom. The molecule has 0 radical (unpaired) electrons. The number of aryl methyl sites for hydroxylation is 1. The smallest absolute Gasteiger partial charge is 0.305 e. The predicted molar refractivity (Wildman–Crippen MR) is 112 cm³/mol. The number of hydrogen-bond donors (Lipinski definition) is 3. The van der Waals surface area contributed by atoms with Crippen LogP contribution < -0.4 is 15.6 Å². The Labute approximate surface area is 177 Å². The van der Waals surface area contributed by atoms with Gasteiger partial charge in [-0.05, 0) is 48.4 Å². The number of aliphatic carboxylic acids is 1. The van der Waals surface area contributed by atoms with Crippen LogP contribution in [-0.2, 0) is 4.79 Å². The molecule has 0 saturated heterocycles. The van der Waals surface area contributed by atoms with Gasteiger partial charge in [0.25, 0.3) is 11.5 Å². The fourth-order valence-electron chi connectivity index (χ4n) is 3.13. The largest absolute Gasteiger partial charge is 0.497 e. The van der Waals surface area contributed by atoms with E-state index in [9.17, 15) is 19.5 Å². The van der Waals surface area contributed by atoms with Crippen LogP contribution in [-0.4, -0.2) is 33.9 Å². The summed E-state index contributed by atoms with van der Waals surface area (Å²) in [6, 6.07) is 12.1. The van der Waals surface area contributed by atoms with E-state index < -0.39 is 23.5 Å². The number of aromatic nitrogens is 2. The van der Waals surface area contributed by atoms with Crippen molar-refractivity contribution in [2.75, 3.05) is 7.11 Å². The van der Waals surface area contributed by atoms with E-state index >= 15 is 0 Å². The molecule has 3 rings (SSSR count). The topological polar surface area (TPSA) is 113 Å². The number of rotatable bonds is 7. The summed E-state index contributed by atoms with van der Waals surface area (Å²) >= 11 is 5.96. The van der Waals surface area contributed by atoms with E-state index in [-0.39, 0.29) is 12.1 Å². The van der Waals surface area contributed by atoms with Gasteiger partial charge in [-0.15, -0.1) is 0 Å². The zero-order valence-corrected chi connectivity index (χ0v) is 17.1. The highest BCUT2D eigenvalue weighted by Gasteiger charge is 2.22. The first-order valence-corrected chi connectivity index (χ1v) is 9.41. The maximum atomic E-state index is 12.8. The van der Waals surface area contributed by atoms with E-state index in [0.717, 1.165) is 11.6 Å². The maximum Gasteiger partial charge on any atom is 0.305 e. The number of hydrogen-bond acceptors (Lipinski definition) is 4. The number of carboxylic acid groups (broad SMARTS) is 1. The van der Waals surface area contributed by atoms with Crippen molar-refractivity contribution in [2.45, 2.75) is 19.4 Å². The number of aromatic amines is 1.